The number of aliphatic imine (C=N–C) groups is 1. The minimum atomic E-state index is 0.176. The minimum Gasteiger partial charge on any atom is -0.308 e. The Morgan fingerprint density at radius 3 is 2.20 bits per heavy atom. The first kappa shape index (κ1) is 15.0. The Morgan fingerprint density at radius 2 is 1.70 bits per heavy atom. The zero-order chi connectivity index (χ0) is 14.6. The van der Waals surface area contributed by atoms with Gasteiger partial charge < -0.3 is 5.43 Å². The zero-order valence-corrected chi connectivity index (χ0v) is 12.9. The number of nitrogens with one attached hydrogen (secondary N) is 1. The molecular weight excluding hydrogens is 246 g/mol. The molecule has 1 aliphatic carbocycles. The van der Waals surface area contributed by atoms with Crippen molar-refractivity contribution in [2.24, 2.45) is 10.8 Å². The van der Waals surface area contributed by atoms with E-state index in [2.05, 4.69) is 50.5 Å². The maximum absolute atomic E-state index is 5.67. The zero-order valence-electron chi connectivity index (χ0n) is 12.9. The van der Waals surface area contributed by atoms with Crippen molar-refractivity contribution >= 4 is 5.84 Å². The topological polar surface area (TPSA) is 50.4 Å². The van der Waals surface area contributed by atoms with Gasteiger partial charge in [0, 0.05) is 5.56 Å². The largest absolute Gasteiger partial charge is 0.308 e. The van der Waals surface area contributed by atoms with Gasteiger partial charge in [-0.2, -0.15) is 0 Å². The molecule has 0 radical (unpaired) electrons. The van der Waals surface area contributed by atoms with E-state index in [0.717, 1.165) is 11.4 Å². The molecule has 3 nitrogen and oxygen atoms in total. The molecule has 0 spiro atoms. The Bertz CT molecular complexity index is 448. The maximum Gasteiger partial charge on any atom is 0.142 e. The van der Waals surface area contributed by atoms with Crippen LogP contribution in [0.3, 0.4) is 0 Å². The highest BCUT2D eigenvalue weighted by Gasteiger charge is 2.15. The lowest BCUT2D eigenvalue weighted by molar-refractivity contribution is 0.442. The minimum absolute atomic E-state index is 0.176. The smallest absolute Gasteiger partial charge is 0.142 e. The Balaban J connectivity index is 2.16. The number of hydrazine groups is 1. The summed E-state index contributed by atoms with van der Waals surface area (Å²) in [4.78, 5) is 4.80. The van der Waals surface area contributed by atoms with Crippen molar-refractivity contribution in [2.75, 3.05) is 0 Å². The van der Waals surface area contributed by atoms with E-state index in [1.807, 2.05) is 0 Å². The second kappa shape index (κ2) is 6.40. The third-order valence-corrected chi connectivity index (χ3v) is 4.05. The molecular formula is C17H27N3. The lowest BCUT2D eigenvalue weighted by atomic mass is 9.86. The number of amidine groups is 1. The first-order valence-electron chi connectivity index (χ1n) is 7.66. The first-order chi connectivity index (χ1) is 9.50. The summed E-state index contributed by atoms with van der Waals surface area (Å²) >= 11 is 0. The van der Waals surface area contributed by atoms with Crippen LogP contribution >= 0.6 is 0 Å². The molecule has 1 fully saturated rings. The van der Waals surface area contributed by atoms with Gasteiger partial charge >= 0.3 is 0 Å². The van der Waals surface area contributed by atoms with Crippen LogP contribution in [-0.2, 0) is 5.41 Å². The van der Waals surface area contributed by atoms with E-state index in [4.69, 9.17) is 10.8 Å². The van der Waals surface area contributed by atoms with Crippen LogP contribution in [0.2, 0.25) is 0 Å². The molecule has 20 heavy (non-hydrogen) atoms. The highest BCUT2D eigenvalue weighted by Crippen LogP contribution is 2.23. The quantitative estimate of drug-likeness (QED) is 0.375. The predicted octanol–water partition coefficient (Wildman–Crippen LogP) is 3.53. The summed E-state index contributed by atoms with van der Waals surface area (Å²) < 4.78 is 0. The molecule has 1 aromatic carbocycles. The fourth-order valence-corrected chi connectivity index (χ4v) is 2.72. The van der Waals surface area contributed by atoms with E-state index < -0.39 is 0 Å². The van der Waals surface area contributed by atoms with Crippen molar-refractivity contribution < 1.29 is 0 Å². The molecule has 0 saturated heterocycles. The van der Waals surface area contributed by atoms with Gasteiger partial charge in [-0.25, -0.2) is 5.84 Å². The van der Waals surface area contributed by atoms with Gasteiger partial charge in [-0.3, -0.25) is 4.99 Å². The average molecular weight is 273 g/mol. The molecule has 3 N–H and O–H groups in total. The van der Waals surface area contributed by atoms with E-state index in [-0.39, 0.29) is 5.41 Å². The van der Waals surface area contributed by atoms with Crippen molar-refractivity contribution in [3.8, 4) is 0 Å². The number of benzene rings is 1. The SMILES string of the molecule is CC(C)(C)c1ccc(C(=NC2CCCCC2)NN)cc1. The van der Waals surface area contributed by atoms with Gasteiger partial charge in [0.05, 0.1) is 6.04 Å². The van der Waals surface area contributed by atoms with Crippen molar-refractivity contribution in [3.63, 3.8) is 0 Å². The molecule has 1 saturated carbocycles. The van der Waals surface area contributed by atoms with Crippen LogP contribution in [-0.4, -0.2) is 11.9 Å². The third kappa shape index (κ3) is 3.83. The van der Waals surface area contributed by atoms with Gasteiger partial charge in [-0.1, -0.05) is 64.3 Å². The van der Waals surface area contributed by atoms with Gasteiger partial charge in [0.2, 0.25) is 0 Å². The van der Waals surface area contributed by atoms with E-state index in [1.54, 1.807) is 0 Å². The van der Waals surface area contributed by atoms with Crippen LogP contribution in [0, 0.1) is 0 Å². The standard InChI is InChI=1S/C17H27N3/c1-17(2,3)14-11-9-13(10-12-14)16(20-18)19-15-7-5-4-6-8-15/h9-12,15H,4-8,18H2,1-3H3,(H,19,20). The predicted molar refractivity (Wildman–Crippen MR) is 85.9 cm³/mol. The average Bonchev–Trinajstić information content (AvgIpc) is 2.45. The number of nitrogens with two attached hydrogens (primary N) is 1. The van der Waals surface area contributed by atoms with Crippen LogP contribution < -0.4 is 11.3 Å². The molecule has 0 atom stereocenters. The lowest BCUT2D eigenvalue weighted by Gasteiger charge is -2.21. The maximum atomic E-state index is 5.67. The highest BCUT2D eigenvalue weighted by molar-refractivity contribution is 5.98. The lowest BCUT2D eigenvalue weighted by Crippen LogP contribution is -2.32. The van der Waals surface area contributed by atoms with Crippen molar-refractivity contribution in [1.82, 2.24) is 5.43 Å². The summed E-state index contributed by atoms with van der Waals surface area (Å²) in [6, 6.07) is 8.99. The molecule has 0 unspecified atom stereocenters. The molecule has 0 heterocycles. The Hall–Kier alpha value is -1.35. The van der Waals surface area contributed by atoms with Crippen molar-refractivity contribution in [3.05, 3.63) is 35.4 Å². The van der Waals surface area contributed by atoms with Crippen molar-refractivity contribution in [2.45, 2.75) is 64.3 Å². The fourth-order valence-electron chi connectivity index (χ4n) is 2.72. The van der Waals surface area contributed by atoms with Crippen LogP contribution in [0.1, 0.15) is 64.0 Å². The molecule has 2 rings (SSSR count). The number of hydrogen-bond acceptors (Lipinski definition) is 2. The van der Waals surface area contributed by atoms with E-state index >= 15 is 0 Å². The number of rotatable bonds is 2. The molecule has 1 aliphatic rings. The third-order valence-electron chi connectivity index (χ3n) is 4.05. The highest BCUT2D eigenvalue weighted by atomic mass is 15.3. The molecule has 0 aromatic heterocycles. The van der Waals surface area contributed by atoms with Crippen LogP contribution in [0.25, 0.3) is 0 Å². The van der Waals surface area contributed by atoms with E-state index in [9.17, 15) is 0 Å². The summed E-state index contributed by atoms with van der Waals surface area (Å²) in [6.45, 7) is 6.67. The van der Waals surface area contributed by atoms with E-state index in [0.29, 0.717) is 6.04 Å². The summed E-state index contributed by atoms with van der Waals surface area (Å²) in [7, 11) is 0. The fraction of sp³-hybridized carbons (Fsp3) is 0.588. The second-order valence-electron chi connectivity index (χ2n) is 6.74. The molecule has 110 valence electrons. The van der Waals surface area contributed by atoms with Crippen LogP contribution in [0.15, 0.2) is 29.3 Å². The van der Waals surface area contributed by atoms with Crippen LogP contribution in [0.5, 0.6) is 0 Å². The normalized spacial score (nSPS) is 18.1. The Labute approximate surface area is 122 Å². The van der Waals surface area contributed by atoms with Crippen LogP contribution in [0.4, 0.5) is 0 Å². The molecule has 3 heteroatoms. The Morgan fingerprint density at radius 1 is 1.10 bits per heavy atom. The van der Waals surface area contributed by atoms with Gasteiger partial charge in [-0.05, 0) is 23.8 Å². The number of hydrogen-bond donors (Lipinski definition) is 2. The molecule has 0 amide bonds. The second-order valence-corrected chi connectivity index (χ2v) is 6.74. The summed E-state index contributed by atoms with van der Waals surface area (Å²) in [5, 5.41) is 0. The van der Waals surface area contributed by atoms with Gasteiger partial charge in [0.25, 0.3) is 0 Å². The molecule has 1 aromatic rings. The summed E-state index contributed by atoms with van der Waals surface area (Å²) in [6.07, 6.45) is 6.29. The molecule has 0 bridgehead atoms. The first-order valence-corrected chi connectivity index (χ1v) is 7.66. The molecule has 0 aliphatic heterocycles. The Kier molecular flexibility index (Phi) is 4.81. The van der Waals surface area contributed by atoms with Gasteiger partial charge in [0.15, 0.2) is 0 Å². The van der Waals surface area contributed by atoms with E-state index in [1.165, 1.54) is 37.7 Å². The monoisotopic (exact) mass is 273 g/mol. The van der Waals surface area contributed by atoms with Gasteiger partial charge in [-0.15, -0.1) is 0 Å². The summed E-state index contributed by atoms with van der Waals surface area (Å²) in [5.74, 6) is 6.48. The summed E-state index contributed by atoms with van der Waals surface area (Å²) in [5.41, 5.74) is 5.35. The van der Waals surface area contributed by atoms with Crippen molar-refractivity contribution in [1.29, 1.82) is 0 Å². The number of nitrogens with zero attached hydrogens (tertiary/aromatic N) is 1. The van der Waals surface area contributed by atoms with Gasteiger partial charge in [0.1, 0.15) is 5.84 Å².